The topological polar surface area (TPSA) is 38.8 Å². The number of hydrogen-bond acceptors (Lipinski definition) is 3. The maximum atomic E-state index is 12.2. The molecule has 0 N–H and O–H groups in total. The van der Waals surface area contributed by atoms with E-state index in [2.05, 4.69) is 0 Å². The second kappa shape index (κ2) is 4.38. The number of amides is 1. The molecule has 0 fully saturated rings. The summed E-state index contributed by atoms with van der Waals surface area (Å²) in [6, 6.07) is 13.4. The van der Waals surface area contributed by atoms with Gasteiger partial charge in [-0.3, -0.25) is 4.79 Å². The maximum absolute atomic E-state index is 12.2. The van der Waals surface area contributed by atoms with E-state index in [1.807, 2.05) is 48.5 Å². The lowest BCUT2D eigenvalue weighted by atomic mass is 10.1. The first-order valence-corrected chi connectivity index (χ1v) is 6.73. The quantitative estimate of drug-likeness (QED) is 0.805. The van der Waals surface area contributed by atoms with Crippen LogP contribution >= 0.6 is 0 Å². The van der Waals surface area contributed by atoms with Crippen molar-refractivity contribution in [1.82, 2.24) is 4.90 Å². The van der Waals surface area contributed by atoms with Crippen molar-refractivity contribution in [2.24, 2.45) is 0 Å². The Morgan fingerprint density at radius 3 is 2.67 bits per heavy atom. The van der Waals surface area contributed by atoms with Crippen molar-refractivity contribution in [3.8, 4) is 11.5 Å². The molecule has 0 aromatic heterocycles. The molecule has 1 amide bonds. The summed E-state index contributed by atoms with van der Waals surface area (Å²) in [5.41, 5.74) is 3.58. The molecule has 2 aromatic carbocycles. The minimum Gasteiger partial charge on any atom is -0.454 e. The molecule has 0 spiro atoms. The van der Waals surface area contributed by atoms with Crippen molar-refractivity contribution in [3.05, 3.63) is 59.2 Å². The van der Waals surface area contributed by atoms with Gasteiger partial charge in [-0.1, -0.05) is 24.3 Å². The van der Waals surface area contributed by atoms with Crippen LogP contribution in [0.4, 0.5) is 0 Å². The molecule has 2 heterocycles. The monoisotopic (exact) mass is 279 g/mol. The number of benzene rings is 2. The Morgan fingerprint density at radius 1 is 1.05 bits per heavy atom. The number of carbonyl (C=O) groups excluding carboxylic acids is 1. The highest BCUT2D eigenvalue weighted by molar-refractivity contribution is 6.11. The number of fused-ring (bicyclic) bond motifs is 2. The van der Waals surface area contributed by atoms with E-state index in [0.29, 0.717) is 0 Å². The van der Waals surface area contributed by atoms with Gasteiger partial charge in [-0.15, -0.1) is 0 Å². The predicted octanol–water partition coefficient (Wildman–Crippen LogP) is 3.00. The van der Waals surface area contributed by atoms with E-state index >= 15 is 0 Å². The van der Waals surface area contributed by atoms with Gasteiger partial charge in [0, 0.05) is 18.2 Å². The Hall–Kier alpha value is -2.75. The third-order valence-electron chi connectivity index (χ3n) is 3.80. The molecule has 0 aliphatic carbocycles. The summed E-state index contributed by atoms with van der Waals surface area (Å²) in [7, 11) is 1.79. The third kappa shape index (κ3) is 1.80. The minimum atomic E-state index is 0.0255. The van der Waals surface area contributed by atoms with Crippen molar-refractivity contribution >= 4 is 17.7 Å². The number of ether oxygens (including phenoxy) is 2. The van der Waals surface area contributed by atoms with Crippen molar-refractivity contribution in [2.75, 3.05) is 13.8 Å². The van der Waals surface area contributed by atoms with E-state index in [1.165, 1.54) is 0 Å². The van der Waals surface area contributed by atoms with Crippen LogP contribution in [0.25, 0.3) is 11.8 Å². The van der Waals surface area contributed by atoms with Gasteiger partial charge >= 0.3 is 0 Å². The Bertz CT molecular complexity index is 779. The van der Waals surface area contributed by atoms with Gasteiger partial charge < -0.3 is 14.4 Å². The van der Waals surface area contributed by atoms with E-state index in [9.17, 15) is 4.79 Å². The van der Waals surface area contributed by atoms with E-state index in [0.717, 1.165) is 33.9 Å². The van der Waals surface area contributed by atoms with Crippen LogP contribution < -0.4 is 9.47 Å². The van der Waals surface area contributed by atoms with Gasteiger partial charge in [-0.25, -0.2) is 0 Å². The van der Waals surface area contributed by atoms with Crippen LogP contribution in [-0.2, 0) is 0 Å². The summed E-state index contributed by atoms with van der Waals surface area (Å²) < 4.78 is 10.7. The van der Waals surface area contributed by atoms with Crippen molar-refractivity contribution in [1.29, 1.82) is 0 Å². The number of nitrogens with zero attached hydrogens (tertiary/aromatic N) is 1. The largest absolute Gasteiger partial charge is 0.454 e. The van der Waals surface area contributed by atoms with Gasteiger partial charge in [0.2, 0.25) is 6.79 Å². The maximum Gasteiger partial charge on any atom is 0.258 e. The van der Waals surface area contributed by atoms with Crippen molar-refractivity contribution < 1.29 is 14.3 Å². The average molecular weight is 279 g/mol. The Balaban J connectivity index is 1.81. The summed E-state index contributed by atoms with van der Waals surface area (Å²) in [4.78, 5) is 13.9. The molecule has 0 saturated heterocycles. The van der Waals surface area contributed by atoms with E-state index < -0.39 is 0 Å². The molecular weight excluding hydrogens is 266 g/mol. The fourth-order valence-corrected chi connectivity index (χ4v) is 2.70. The van der Waals surface area contributed by atoms with Gasteiger partial charge in [-0.05, 0) is 29.8 Å². The first-order valence-electron chi connectivity index (χ1n) is 6.73. The fraction of sp³-hybridized carbons (Fsp3) is 0.118. The molecule has 4 nitrogen and oxygen atoms in total. The Morgan fingerprint density at radius 2 is 1.81 bits per heavy atom. The average Bonchev–Trinajstić information content (AvgIpc) is 3.06. The standard InChI is InChI=1S/C17H13NO3/c1-18-14(12-4-2-3-5-13(12)17(18)19)8-11-6-7-15-16(9-11)21-10-20-15/h2-9H,10H2,1H3/b14-8+. The van der Waals surface area contributed by atoms with Crippen LogP contribution in [0, 0.1) is 0 Å². The molecule has 0 saturated carbocycles. The van der Waals surface area contributed by atoms with Crippen LogP contribution in [-0.4, -0.2) is 24.6 Å². The molecule has 2 aliphatic rings. The Labute approximate surface area is 122 Å². The van der Waals surface area contributed by atoms with Crippen LogP contribution in [0.5, 0.6) is 11.5 Å². The molecule has 104 valence electrons. The predicted molar refractivity (Wildman–Crippen MR) is 79.0 cm³/mol. The first kappa shape index (κ1) is 12.0. The molecule has 21 heavy (non-hydrogen) atoms. The number of carbonyl (C=O) groups is 1. The van der Waals surface area contributed by atoms with Gasteiger partial charge in [0.1, 0.15) is 0 Å². The van der Waals surface area contributed by atoms with Gasteiger partial charge in [0.15, 0.2) is 11.5 Å². The summed E-state index contributed by atoms with van der Waals surface area (Å²) in [6.45, 7) is 0.260. The normalized spacial score (nSPS) is 17.5. The fourth-order valence-electron chi connectivity index (χ4n) is 2.70. The molecule has 0 unspecified atom stereocenters. The van der Waals surface area contributed by atoms with Crippen LogP contribution in [0.15, 0.2) is 42.5 Å². The molecule has 2 aliphatic heterocycles. The number of rotatable bonds is 1. The third-order valence-corrected chi connectivity index (χ3v) is 3.80. The lowest BCUT2D eigenvalue weighted by Crippen LogP contribution is -2.16. The highest BCUT2D eigenvalue weighted by Crippen LogP contribution is 2.36. The Kier molecular flexibility index (Phi) is 2.51. The van der Waals surface area contributed by atoms with Gasteiger partial charge in [-0.2, -0.15) is 0 Å². The van der Waals surface area contributed by atoms with E-state index in [1.54, 1.807) is 11.9 Å². The van der Waals surface area contributed by atoms with Gasteiger partial charge in [0.05, 0.1) is 5.70 Å². The molecule has 0 atom stereocenters. The van der Waals surface area contributed by atoms with Crippen molar-refractivity contribution in [2.45, 2.75) is 0 Å². The zero-order chi connectivity index (χ0) is 14.4. The van der Waals surface area contributed by atoms with Crippen molar-refractivity contribution in [3.63, 3.8) is 0 Å². The summed E-state index contributed by atoms with van der Waals surface area (Å²) in [6.07, 6.45) is 1.99. The summed E-state index contributed by atoms with van der Waals surface area (Å²) in [5, 5.41) is 0. The number of hydrogen-bond donors (Lipinski definition) is 0. The van der Waals surface area contributed by atoms with Crippen LogP contribution in [0.3, 0.4) is 0 Å². The summed E-state index contributed by atoms with van der Waals surface area (Å²) in [5.74, 6) is 1.52. The lowest BCUT2D eigenvalue weighted by Gasteiger charge is -2.11. The second-order valence-electron chi connectivity index (χ2n) is 5.05. The zero-order valence-electron chi connectivity index (χ0n) is 11.5. The molecule has 0 radical (unpaired) electrons. The van der Waals surface area contributed by atoms with E-state index in [-0.39, 0.29) is 12.7 Å². The molecule has 0 bridgehead atoms. The van der Waals surface area contributed by atoms with Crippen LogP contribution in [0.1, 0.15) is 21.5 Å². The lowest BCUT2D eigenvalue weighted by molar-refractivity contribution is 0.0875. The van der Waals surface area contributed by atoms with E-state index in [4.69, 9.17) is 9.47 Å². The minimum absolute atomic E-state index is 0.0255. The highest BCUT2D eigenvalue weighted by atomic mass is 16.7. The SMILES string of the molecule is CN1C(=O)c2ccccc2/C1=C\c1ccc2c(c1)OCO2. The molecule has 4 rings (SSSR count). The van der Waals surface area contributed by atoms with Gasteiger partial charge in [0.25, 0.3) is 5.91 Å². The smallest absolute Gasteiger partial charge is 0.258 e. The second-order valence-corrected chi connectivity index (χ2v) is 5.05. The summed E-state index contributed by atoms with van der Waals surface area (Å²) >= 11 is 0. The molecular formula is C17H13NO3. The highest BCUT2D eigenvalue weighted by Gasteiger charge is 2.28. The zero-order valence-corrected chi connectivity index (χ0v) is 11.5. The molecule has 4 heteroatoms. The first-order chi connectivity index (χ1) is 10.2. The van der Waals surface area contributed by atoms with Crippen LogP contribution in [0.2, 0.25) is 0 Å². The molecule has 2 aromatic rings.